The minimum absolute atomic E-state index is 0.120. The molecule has 1 aliphatic heterocycles. The summed E-state index contributed by atoms with van der Waals surface area (Å²) in [4.78, 5) is 14.5. The van der Waals surface area contributed by atoms with Crippen LogP contribution in [0.25, 0.3) is 0 Å². The highest BCUT2D eigenvalue weighted by Crippen LogP contribution is 2.24. The molecule has 19 heavy (non-hydrogen) atoms. The third-order valence-corrected chi connectivity index (χ3v) is 3.67. The van der Waals surface area contributed by atoms with Crippen LogP contribution in [0.1, 0.15) is 30.9 Å². The van der Waals surface area contributed by atoms with Gasteiger partial charge in [-0.3, -0.25) is 4.79 Å². The highest BCUT2D eigenvalue weighted by molar-refractivity contribution is 5.95. The first-order valence-electron chi connectivity index (χ1n) is 7.09. The summed E-state index contributed by atoms with van der Waals surface area (Å²) in [5.41, 5.74) is 3.43. The van der Waals surface area contributed by atoms with Gasteiger partial charge in [-0.2, -0.15) is 0 Å². The second kappa shape index (κ2) is 6.20. The van der Waals surface area contributed by atoms with Gasteiger partial charge in [0.05, 0.1) is 0 Å². The van der Waals surface area contributed by atoms with Crippen LogP contribution >= 0.6 is 0 Å². The molecule has 0 atom stereocenters. The number of benzene rings is 1. The molecular formula is C16H23NO2. The SMILES string of the molecule is CCN(C(=O)C1CCOCC1)c1cc(C)cc(C)c1. The largest absolute Gasteiger partial charge is 0.381 e. The van der Waals surface area contributed by atoms with Gasteiger partial charge in [0.25, 0.3) is 0 Å². The summed E-state index contributed by atoms with van der Waals surface area (Å²) in [5, 5.41) is 0. The summed E-state index contributed by atoms with van der Waals surface area (Å²) < 4.78 is 5.34. The first kappa shape index (κ1) is 14.1. The number of amides is 1. The van der Waals surface area contributed by atoms with E-state index in [4.69, 9.17) is 4.74 Å². The normalized spacial score (nSPS) is 16.4. The van der Waals surface area contributed by atoms with Crippen molar-refractivity contribution < 1.29 is 9.53 Å². The zero-order valence-corrected chi connectivity index (χ0v) is 12.1. The maximum Gasteiger partial charge on any atom is 0.230 e. The molecule has 0 aliphatic carbocycles. The van der Waals surface area contributed by atoms with Crippen LogP contribution in [0.2, 0.25) is 0 Å². The van der Waals surface area contributed by atoms with Gasteiger partial charge in [-0.1, -0.05) is 6.07 Å². The van der Waals surface area contributed by atoms with Gasteiger partial charge in [0.15, 0.2) is 0 Å². The lowest BCUT2D eigenvalue weighted by atomic mass is 9.98. The fourth-order valence-electron chi connectivity index (χ4n) is 2.74. The molecule has 0 bridgehead atoms. The number of anilines is 1. The molecule has 1 aromatic carbocycles. The molecule has 104 valence electrons. The molecule has 0 saturated carbocycles. The van der Waals surface area contributed by atoms with Gasteiger partial charge in [-0.25, -0.2) is 0 Å². The summed E-state index contributed by atoms with van der Waals surface area (Å²) in [6.07, 6.45) is 1.69. The molecule has 1 amide bonds. The van der Waals surface area contributed by atoms with Gasteiger partial charge < -0.3 is 9.64 Å². The van der Waals surface area contributed by atoms with Crippen LogP contribution in [-0.2, 0) is 9.53 Å². The monoisotopic (exact) mass is 261 g/mol. The van der Waals surface area contributed by atoms with Crippen LogP contribution in [0.4, 0.5) is 5.69 Å². The predicted molar refractivity (Wildman–Crippen MR) is 77.5 cm³/mol. The summed E-state index contributed by atoms with van der Waals surface area (Å²) in [6, 6.07) is 6.32. The summed E-state index contributed by atoms with van der Waals surface area (Å²) >= 11 is 0. The Morgan fingerprint density at radius 3 is 2.32 bits per heavy atom. The molecule has 2 rings (SSSR count). The highest BCUT2D eigenvalue weighted by atomic mass is 16.5. The zero-order valence-electron chi connectivity index (χ0n) is 12.1. The van der Waals surface area contributed by atoms with E-state index in [0.29, 0.717) is 13.2 Å². The molecule has 0 radical (unpaired) electrons. The molecule has 1 heterocycles. The van der Waals surface area contributed by atoms with Crippen LogP contribution in [0, 0.1) is 19.8 Å². The lowest BCUT2D eigenvalue weighted by Crippen LogP contribution is -2.38. The lowest BCUT2D eigenvalue weighted by Gasteiger charge is -2.29. The maximum atomic E-state index is 12.6. The van der Waals surface area contributed by atoms with E-state index in [2.05, 4.69) is 32.0 Å². The standard InChI is InChI=1S/C16H23NO2/c1-4-17(15-10-12(2)9-13(3)11-15)16(18)14-5-7-19-8-6-14/h9-11,14H,4-8H2,1-3H3. The number of carbonyl (C=O) groups is 1. The van der Waals surface area contributed by atoms with Crippen molar-refractivity contribution in [1.82, 2.24) is 0 Å². The van der Waals surface area contributed by atoms with Crippen molar-refractivity contribution in [2.45, 2.75) is 33.6 Å². The fraction of sp³-hybridized carbons (Fsp3) is 0.562. The molecule has 1 aromatic rings. The first-order chi connectivity index (χ1) is 9.11. The van der Waals surface area contributed by atoms with Crippen LogP contribution in [0.5, 0.6) is 0 Å². The number of carbonyl (C=O) groups excluding carboxylic acids is 1. The van der Waals surface area contributed by atoms with E-state index in [0.717, 1.165) is 25.1 Å². The molecular weight excluding hydrogens is 238 g/mol. The lowest BCUT2D eigenvalue weighted by molar-refractivity contribution is -0.125. The van der Waals surface area contributed by atoms with E-state index < -0.39 is 0 Å². The van der Waals surface area contributed by atoms with E-state index in [1.165, 1.54) is 11.1 Å². The van der Waals surface area contributed by atoms with E-state index in [9.17, 15) is 4.79 Å². The van der Waals surface area contributed by atoms with E-state index in [-0.39, 0.29) is 11.8 Å². The maximum absolute atomic E-state index is 12.6. The molecule has 3 heteroatoms. The van der Waals surface area contributed by atoms with Gasteiger partial charge in [0, 0.05) is 31.4 Å². The number of nitrogens with zero attached hydrogens (tertiary/aromatic N) is 1. The third-order valence-electron chi connectivity index (χ3n) is 3.67. The van der Waals surface area contributed by atoms with Crippen molar-refractivity contribution in [3.63, 3.8) is 0 Å². The van der Waals surface area contributed by atoms with E-state index >= 15 is 0 Å². The van der Waals surface area contributed by atoms with Crippen LogP contribution in [0.3, 0.4) is 0 Å². The minimum Gasteiger partial charge on any atom is -0.381 e. The second-order valence-corrected chi connectivity index (χ2v) is 5.32. The Morgan fingerprint density at radius 1 is 1.21 bits per heavy atom. The Balaban J connectivity index is 2.20. The molecule has 1 aliphatic rings. The molecule has 0 N–H and O–H groups in total. The second-order valence-electron chi connectivity index (χ2n) is 5.32. The average Bonchev–Trinajstić information content (AvgIpc) is 2.39. The number of rotatable bonds is 3. The molecule has 1 saturated heterocycles. The minimum atomic E-state index is 0.120. The van der Waals surface area contributed by atoms with E-state index in [1.807, 2.05) is 11.8 Å². The summed E-state index contributed by atoms with van der Waals surface area (Å²) in [5.74, 6) is 0.366. The average molecular weight is 261 g/mol. The van der Waals surface area contributed by atoms with Crippen molar-refractivity contribution in [3.8, 4) is 0 Å². The van der Waals surface area contributed by atoms with Crippen molar-refractivity contribution in [2.24, 2.45) is 5.92 Å². The summed E-state index contributed by atoms with van der Waals surface area (Å²) in [6.45, 7) is 8.32. The predicted octanol–water partition coefficient (Wildman–Crippen LogP) is 3.08. The van der Waals surface area contributed by atoms with Crippen molar-refractivity contribution >= 4 is 11.6 Å². The Bertz CT molecular complexity index is 430. The number of hydrogen-bond acceptors (Lipinski definition) is 2. The Labute approximate surface area is 115 Å². The highest BCUT2D eigenvalue weighted by Gasteiger charge is 2.26. The number of aryl methyl sites for hydroxylation is 2. The smallest absolute Gasteiger partial charge is 0.230 e. The number of ether oxygens (including phenoxy) is 1. The summed E-state index contributed by atoms with van der Waals surface area (Å²) in [7, 11) is 0. The number of hydrogen-bond donors (Lipinski definition) is 0. The van der Waals surface area contributed by atoms with Crippen molar-refractivity contribution in [2.75, 3.05) is 24.7 Å². The Morgan fingerprint density at radius 2 is 1.79 bits per heavy atom. The molecule has 0 aromatic heterocycles. The quantitative estimate of drug-likeness (QED) is 0.837. The topological polar surface area (TPSA) is 29.5 Å². The van der Waals surface area contributed by atoms with Crippen LogP contribution in [0.15, 0.2) is 18.2 Å². The first-order valence-corrected chi connectivity index (χ1v) is 7.09. The van der Waals surface area contributed by atoms with Crippen molar-refractivity contribution in [1.29, 1.82) is 0 Å². The van der Waals surface area contributed by atoms with Gasteiger partial charge in [0.1, 0.15) is 0 Å². The van der Waals surface area contributed by atoms with Gasteiger partial charge in [-0.05, 0) is 56.9 Å². The zero-order chi connectivity index (χ0) is 13.8. The molecule has 3 nitrogen and oxygen atoms in total. The van der Waals surface area contributed by atoms with E-state index in [1.54, 1.807) is 0 Å². The molecule has 0 unspecified atom stereocenters. The molecule has 1 fully saturated rings. The van der Waals surface area contributed by atoms with Crippen LogP contribution < -0.4 is 4.90 Å². The molecule has 0 spiro atoms. The van der Waals surface area contributed by atoms with Crippen molar-refractivity contribution in [3.05, 3.63) is 29.3 Å². The van der Waals surface area contributed by atoms with Gasteiger partial charge in [0.2, 0.25) is 5.91 Å². The van der Waals surface area contributed by atoms with Crippen LogP contribution in [-0.4, -0.2) is 25.7 Å². The van der Waals surface area contributed by atoms with Gasteiger partial charge >= 0.3 is 0 Å². The Kier molecular flexibility index (Phi) is 4.59. The fourth-order valence-corrected chi connectivity index (χ4v) is 2.74. The Hall–Kier alpha value is -1.35. The van der Waals surface area contributed by atoms with Gasteiger partial charge in [-0.15, -0.1) is 0 Å². The third kappa shape index (κ3) is 3.35.